The minimum absolute atomic E-state index is 0.351. The minimum Gasteiger partial charge on any atom is -0.355 e. The van der Waals surface area contributed by atoms with Crippen molar-refractivity contribution < 1.29 is 0 Å². The Labute approximate surface area is 145 Å². The number of aromatic amines is 1. The third-order valence-corrected chi connectivity index (χ3v) is 4.92. The van der Waals surface area contributed by atoms with Gasteiger partial charge in [0.2, 0.25) is 0 Å². The van der Waals surface area contributed by atoms with Crippen LogP contribution in [0.5, 0.6) is 0 Å². The average Bonchev–Trinajstić information content (AvgIpc) is 3.30. The summed E-state index contributed by atoms with van der Waals surface area (Å²) < 4.78 is 0. The Morgan fingerprint density at radius 3 is 3.04 bits per heavy atom. The highest BCUT2D eigenvalue weighted by Gasteiger charge is 2.28. The second kappa shape index (κ2) is 6.06. The van der Waals surface area contributed by atoms with Gasteiger partial charge in [-0.2, -0.15) is 5.26 Å². The molecule has 1 atom stereocenters. The number of nitrogens with one attached hydrogen (secondary N) is 1. The van der Waals surface area contributed by atoms with Crippen molar-refractivity contribution in [2.24, 2.45) is 0 Å². The molecule has 1 saturated heterocycles. The predicted octanol–water partition coefficient (Wildman–Crippen LogP) is 2.25. The number of rotatable bonds is 3. The van der Waals surface area contributed by atoms with Crippen molar-refractivity contribution in [1.82, 2.24) is 19.9 Å². The van der Waals surface area contributed by atoms with Crippen LogP contribution < -0.4 is 9.80 Å². The molecule has 0 bridgehead atoms. The third-order valence-electron chi connectivity index (χ3n) is 4.92. The minimum atomic E-state index is 0.351. The number of nitrogens with zero attached hydrogens (tertiary/aromatic N) is 6. The Bertz CT molecular complexity index is 955. The van der Waals surface area contributed by atoms with Crippen LogP contribution in [0.15, 0.2) is 30.9 Å². The first-order valence-electron chi connectivity index (χ1n) is 8.30. The maximum Gasteiger partial charge on any atom is 0.142 e. The van der Waals surface area contributed by atoms with Crippen LogP contribution in [0.1, 0.15) is 17.5 Å². The van der Waals surface area contributed by atoms with Crippen molar-refractivity contribution in [3.63, 3.8) is 0 Å². The number of anilines is 2. The average molecular weight is 333 g/mol. The van der Waals surface area contributed by atoms with Crippen molar-refractivity contribution in [2.45, 2.75) is 19.4 Å². The lowest BCUT2D eigenvalue weighted by atomic mass is 10.1. The van der Waals surface area contributed by atoms with E-state index < -0.39 is 0 Å². The summed E-state index contributed by atoms with van der Waals surface area (Å²) >= 11 is 0. The summed E-state index contributed by atoms with van der Waals surface area (Å²) in [7, 11) is 2.06. The van der Waals surface area contributed by atoms with Crippen molar-refractivity contribution in [3.05, 3.63) is 42.0 Å². The molecular formula is C18H19N7. The van der Waals surface area contributed by atoms with E-state index in [1.165, 1.54) is 0 Å². The number of aromatic nitrogens is 4. The van der Waals surface area contributed by atoms with Gasteiger partial charge in [0, 0.05) is 38.6 Å². The molecular weight excluding hydrogens is 314 g/mol. The van der Waals surface area contributed by atoms with Gasteiger partial charge in [0.25, 0.3) is 0 Å². The van der Waals surface area contributed by atoms with Crippen molar-refractivity contribution in [2.75, 3.05) is 29.9 Å². The summed E-state index contributed by atoms with van der Waals surface area (Å²) in [5, 5.41) is 10.1. The van der Waals surface area contributed by atoms with E-state index >= 15 is 0 Å². The maximum absolute atomic E-state index is 9.06. The summed E-state index contributed by atoms with van der Waals surface area (Å²) in [6.07, 6.45) is 6.19. The zero-order chi connectivity index (χ0) is 17.4. The fourth-order valence-electron chi connectivity index (χ4n) is 3.40. The van der Waals surface area contributed by atoms with Crippen LogP contribution in [0.2, 0.25) is 0 Å². The summed E-state index contributed by atoms with van der Waals surface area (Å²) in [4.78, 5) is 20.8. The number of likely N-dealkylation sites (N-methyl/N-ethyl adjacent to an activating group) is 1. The highest BCUT2D eigenvalue weighted by atomic mass is 15.3. The van der Waals surface area contributed by atoms with Gasteiger partial charge < -0.3 is 14.8 Å². The topological polar surface area (TPSA) is 84.7 Å². The Morgan fingerprint density at radius 1 is 1.36 bits per heavy atom. The highest BCUT2D eigenvalue weighted by Crippen LogP contribution is 2.28. The third kappa shape index (κ3) is 2.66. The molecule has 0 aliphatic carbocycles. The van der Waals surface area contributed by atoms with Crippen LogP contribution in [0.25, 0.3) is 11.0 Å². The number of H-pyrrole nitrogens is 1. The molecule has 4 rings (SSSR count). The number of hydrogen-bond donors (Lipinski definition) is 1. The predicted molar refractivity (Wildman–Crippen MR) is 96.6 cm³/mol. The first kappa shape index (κ1) is 15.4. The fraction of sp³-hybridized carbons (Fsp3) is 0.333. The molecule has 1 aliphatic heterocycles. The SMILES string of the molecule is Cc1cc(N(C)C2CCN(c3ncnc4[nH]ccc34)C2)ncc1C#N. The van der Waals surface area contributed by atoms with Gasteiger partial charge in [-0.3, -0.25) is 0 Å². The number of pyridine rings is 1. The molecule has 7 nitrogen and oxygen atoms in total. The van der Waals surface area contributed by atoms with Gasteiger partial charge in [-0.25, -0.2) is 15.0 Å². The number of hydrogen-bond acceptors (Lipinski definition) is 6. The lowest BCUT2D eigenvalue weighted by Gasteiger charge is -2.26. The highest BCUT2D eigenvalue weighted by molar-refractivity contribution is 5.87. The molecule has 1 N–H and O–H groups in total. The molecule has 25 heavy (non-hydrogen) atoms. The summed E-state index contributed by atoms with van der Waals surface area (Å²) in [5.41, 5.74) is 2.45. The zero-order valence-electron chi connectivity index (χ0n) is 14.3. The van der Waals surface area contributed by atoms with Gasteiger partial charge >= 0.3 is 0 Å². The van der Waals surface area contributed by atoms with Gasteiger partial charge in [-0.1, -0.05) is 0 Å². The van der Waals surface area contributed by atoms with Gasteiger partial charge in [-0.15, -0.1) is 0 Å². The van der Waals surface area contributed by atoms with Gasteiger partial charge in [-0.05, 0) is 31.0 Å². The monoisotopic (exact) mass is 333 g/mol. The van der Waals surface area contributed by atoms with E-state index in [4.69, 9.17) is 5.26 Å². The molecule has 0 aromatic carbocycles. The Hall–Kier alpha value is -3.14. The van der Waals surface area contributed by atoms with Gasteiger partial charge in [0.1, 0.15) is 29.7 Å². The van der Waals surface area contributed by atoms with E-state index in [9.17, 15) is 0 Å². The van der Waals surface area contributed by atoms with E-state index in [0.717, 1.165) is 47.7 Å². The molecule has 1 fully saturated rings. The van der Waals surface area contributed by atoms with Crippen LogP contribution >= 0.6 is 0 Å². The molecule has 0 radical (unpaired) electrons. The van der Waals surface area contributed by atoms with E-state index in [1.807, 2.05) is 25.3 Å². The second-order valence-corrected chi connectivity index (χ2v) is 6.41. The van der Waals surface area contributed by atoms with E-state index in [-0.39, 0.29) is 0 Å². The van der Waals surface area contributed by atoms with Crippen LogP contribution in [-0.2, 0) is 0 Å². The van der Waals surface area contributed by atoms with Crippen molar-refractivity contribution in [1.29, 1.82) is 5.26 Å². The standard InChI is InChI=1S/C18H19N7/c1-12-7-16(21-9-13(12)8-19)24(2)14-4-6-25(10-14)18-15-3-5-20-17(15)22-11-23-18/h3,5,7,9,11,14H,4,6,10H2,1-2H3,(H,20,22,23). The summed E-state index contributed by atoms with van der Waals surface area (Å²) in [5.74, 6) is 1.88. The lowest BCUT2D eigenvalue weighted by molar-refractivity contribution is 0.684. The molecule has 3 aromatic heterocycles. The van der Waals surface area contributed by atoms with Crippen LogP contribution in [-0.4, -0.2) is 46.1 Å². The zero-order valence-corrected chi connectivity index (χ0v) is 14.3. The largest absolute Gasteiger partial charge is 0.355 e. The normalized spacial score (nSPS) is 17.0. The molecule has 3 aromatic rings. The van der Waals surface area contributed by atoms with Crippen LogP contribution in [0.4, 0.5) is 11.6 Å². The second-order valence-electron chi connectivity index (χ2n) is 6.41. The van der Waals surface area contributed by atoms with Gasteiger partial charge in [0.05, 0.1) is 10.9 Å². The van der Waals surface area contributed by atoms with Crippen molar-refractivity contribution >= 4 is 22.7 Å². The number of fused-ring (bicyclic) bond motifs is 1. The molecule has 0 spiro atoms. The Morgan fingerprint density at radius 2 is 2.24 bits per heavy atom. The molecule has 0 amide bonds. The van der Waals surface area contributed by atoms with Gasteiger partial charge in [0.15, 0.2) is 0 Å². The molecule has 126 valence electrons. The van der Waals surface area contributed by atoms with Crippen molar-refractivity contribution in [3.8, 4) is 6.07 Å². The molecule has 7 heteroatoms. The van der Waals surface area contributed by atoms with E-state index in [0.29, 0.717) is 11.6 Å². The van der Waals surface area contributed by atoms with E-state index in [1.54, 1.807) is 12.5 Å². The smallest absolute Gasteiger partial charge is 0.142 e. The lowest BCUT2D eigenvalue weighted by Crippen LogP contribution is -2.35. The molecule has 0 saturated carbocycles. The maximum atomic E-state index is 9.06. The molecule has 4 heterocycles. The quantitative estimate of drug-likeness (QED) is 0.791. The first-order chi connectivity index (χ1) is 12.2. The molecule has 1 unspecified atom stereocenters. The van der Waals surface area contributed by atoms with Crippen LogP contribution in [0, 0.1) is 18.3 Å². The Balaban J connectivity index is 1.55. The first-order valence-corrected chi connectivity index (χ1v) is 8.30. The fourth-order valence-corrected chi connectivity index (χ4v) is 3.40. The summed E-state index contributed by atoms with van der Waals surface area (Å²) in [6.45, 7) is 3.78. The van der Waals surface area contributed by atoms with Crippen LogP contribution in [0.3, 0.4) is 0 Å². The number of aryl methyl sites for hydroxylation is 1. The summed E-state index contributed by atoms with van der Waals surface area (Å²) in [6, 6.07) is 6.52. The Kier molecular flexibility index (Phi) is 3.73. The molecule has 1 aliphatic rings. The van der Waals surface area contributed by atoms with E-state index in [2.05, 4.69) is 42.9 Å². The number of nitriles is 1.